The zero-order valence-electron chi connectivity index (χ0n) is 8.08. The Hall–Kier alpha value is -0.0800. The summed E-state index contributed by atoms with van der Waals surface area (Å²) in [6.07, 6.45) is 7.06. The summed E-state index contributed by atoms with van der Waals surface area (Å²) in [5.41, 5.74) is 6.48. The molecular formula is C11H19NO. The minimum atomic E-state index is -0.0410. The van der Waals surface area contributed by atoms with E-state index in [0.29, 0.717) is 5.92 Å². The summed E-state index contributed by atoms with van der Waals surface area (Å²) in [4.78, 5) is 0. The fraction of sp³-hybridized carbons (Fsp3) is 1.00. The Morgan fingerprint density at radius 3 is 2.38 bits per heavy atom. The third-order valence-corrected chi connectivity index (χ3v) is 4.48. The fourth-order valence-electron chi connectivity index (χ4n) is 4.26. The molecule has 0 heterocycles. The Kier molecular flexibility index (Phi) is 1.58. The van der Waals surface area contributed by atoms with E-state index in [-0.39, 0.29) is 11.6 Å². The van der Waals surface area contributed by atoms with Gasteiger partial charge in [-0.1, -0.05) is 0 Å². The van der Waals surface area contributed by atoms with Crippen molar-refractivity contribution >= 4 is 0 Å². The average Bonchev–Trinajstić information content (AvgIpc) is 2.12. The molecule has 0 aromatic heterocycles. The third-order valence-electron chi connectivity index (χ3n) is 4.48. The lowest BCUT2D eigenvalue weighted by molar-refractivity contribution is 0.0575. The monoisotopic (exact) mass is 181 g/mol. The van der Waals surface area contributed by atoms with Gasteiger partial charge in [0.25, 0.3) is 0 Å². The van der Waals surface area contributed by atoms with Crippen LogP contribution in [0, 0.1) is 17.8 Å². The van der Waals surface area contributed by atoms with Gasteiger partial charge in [0, 0.05) is 5.54 Å². The number of aliphatic hydroxyl groups is 1. The summed E-state index contributed by atoms with van der Waals surface area (Å²) in [6, 6.07) is 0. The minimum absolute atomic E-state index is 0.0410. The standard InChI is InChI=1S/C11H19NO/c12-11-4-7-1-8(5-11)3-10(13)9(2-7)6-11/h7-10,13H,1-6,12H2/t7-,8+,9+,10-,11-/m1/s1. The van der Waals surface area contributed by atoms with Gasteiger partial charge in [-0.25, -0.2) is 0 Å². The Balaban J connectivity index is 1.95. The van der Waals surface area contributed by atoms with Crippen molar-refractivity contribution < 1.29 is 5.11 Å². The molecule has 3 N–H and O–H groups in total. The van der Waals surface area contributed by atoms with E-state index >= 15 is 0 Å². The van der Waals surface area contributed by atoms with Crippen molar-refractivity contribution in [2.24, 2.45) is 23.5 Å². The molecule has 4 saturated carbocycles. The van der Waals surface area contributed by atoms with E-state index in [1.54, 1.807) is 0 Å². The number of rotatable bonds is 0. The molecule has 0 radical (unpaired) electrons. The molecule has 4 bridgehead atoms. The van der Waals surface area contributed by atoms with Crippen molar-refractivity contribution in [3.8, 4) is 0 Å². The number of nitrogens with two attached hydrogens (primary N) is 1. The second-order valence-corrected chi connectivity index (χ2v) is 5.74. The SMILES string of the molecule is N[C@@]12C[C@@H]3C[C@@H](C[C@@H](O)[C@@H](C3)C1)C2. The summed E-state index contributed by atoms with van der Waals surface area (Å²) in [7, 11) is 0. The molecule has 4 aliphatic carbocycles. The fourth-order valence-corrected chi connectivity index (χ4v) is 4.26. The molecule has 2 nitrogen and oxygen atoms in total. The van der Waals surface area contributed by atoms with E-state index in [1.807, 2.05) is 0 Å². The van der Waals surface area contributed by atoms with Gasteiger partial charge in [0.1, 0.15) is 0 Å². The zero-order chi connectivity index (χ0) is 9.05. The number of hydrogen-bond donors (Lipinski definition) is 2. The molecule has 0 amide bonds. The van der Waals surface area contributed by atoms with Crippen LogP contribution < -0.4 is 5.73 Å². The van der Waals surface area contributed by atoms with Crippen LogP contribution in [0.3, 0.4) is 0 Å². The Morgan fingerprint density at radius 1 is 1.00 bits per heavy atom. The van der Waals surface area contributed by atoms with Crippen LogP contribution in [-0.2, 0) is 0 Å². The summed E-state index contributed by atoms with van der Waals surface area (Å²) >= 11 is 0. The molecule has 0 aromatic carbocycles. The van der Waals surface area contributed by atoms with E-state index < -0.39 is 0 Å². The summed E-state index contributed by atoms with van der Waals surface area (Å²) in [5.74, 6) is 2.09. The Bertz CT molecular complexity index is 230. The maximum absolute atomic E-state index is 9.96. The van der Waals surface area contributed by atoms with Crippen LogP contribution in [0.15, 0.2) is 0 Å². The molecule has 2 heteroatoms. The van der Waals surface area contributed by atoms with Gasteiger partial charge in [0.2, 0.25) is 0 Å². The molecule has 5 atom stereocenters. The van der Waals surface area contributed by atoms with Crippen LogP contribution in [-0.4, -0.2) is 16.7 Å². The van der Waals surface area contributed by atoms with Crippen molar-refractivity contribution in [3.05, 3.63) is 0 Å². The first kappa shape index (κ1) is 8.25. The largest absolute Gasteiger partial charge is 0.393 e. The molecule has 13 heavy (non-hydrogen) atoms. The molecule has 4 aliphatic rings. The maximum Gasteiger partial charge on any atom is 0.0571 e. The van der Waals surface area contributed by atoms with Crippen LogP contribution in [0.5, 0.6) is 0 Å². The van der Waals surface area contributed by atoms with Crippen molar-refractivity contribution in [2.75, 3.05) is 0 Å². The second kappa shape index (κ2) is 2.48. The quantitative estimate of drug-likeness (QED) is 0.591. The highest BCUT2D eigenvalue weighted by Crippen LogP contribution is 2.52. The highest BCUT2D eigenvalue weighted by Gasteiger charge is 2.49. The van der Waals surface area contributed by atoms with E-state index in [4.69, 9.17) is 5.73 Å². The van der Waals surface area contributed by atoms with Gasteiger partial charge in [-0.15, -0.1) is 0 Å². The Labute approximate surface area is 79.5 Å². The summed E-state index contributed by atoms with van der Waals surface area (Å²) in [6.45, 7) is 0. The first-order valence-corrected chi connectivity index (χ1v) is 5.62. The lowest BCUT2D eigenvalue weighted by atomic mass is 9.63. The summed E-state index contributed by atoms with van der Waals surface area (Å²) < 4.78 is 0. The molecule has 0 spiro atoms. The topological polar surface area (TPSA) is 46.2 Å². The molecule has 0 aromatic rings. The van der Waals surface area contributed by atoms with Crippen LogP contribution in [0.4, 0.5) is 0 Å². The van der Waals surface area contributed by atoms with E-state index in [9.17, 15) is 5.11 Å². The third kappa shape index (κ3) is 1.23. The van der Waals surface area contributed by atoms with Gasteiger partial charge in [-0.05, 0) is 56.3 Å². The first-order valence-electron chi connectivity index (χ1n) is 5.62. The molecule has 0 aliphatic heterocycles. The van der Waals surface area contributed by atoms with Crippen molar-refractivity contribution in [1.29, 1.82) is 0 Å². The van der Waals surface area contributed by atoms with Crippen molar-refractivity contribution in [2.45, 2.75) is 50.2 Å². The first-order chi connectivity index (χ1) is 6.15. The molecular weight excluding hydrogens is 162 g/mol. The molecule has 4 rings (SSSR count). The lowest BCUT2D eigenvalue weighted by Crippen LogP contribution is -2.50. The lowest BCUT2D eigenvalue weighted by Gasteiger charge is -2.46. The predicted molar refractivity (Wildman–Crippen MR) is 51.1 cm³/mol. The number of fused-ring (bicyclic) bond motifs is 1. The molecule has 4 fully saturated rings. The second-order valence-electron chi connectivity index (χ2n) is 5.74. The molecule has 74 valence electrons. The molecule has 0 saturated heterocycles. The highest BCUT2D eigenvalue weighted by atomic mass is 16.3. The van der Waals surface area contributed by atoms with Gasteiger partial charge in [0.15, 0.2) is 0 Å². The van der Waals surface area contributed by atoms with Gasteiger partial charge in [0.05, 0.1) is 6.10 Å². The van der Waals surface area contributed by atoms with Crippen LogP contribution in [0.1, 0.15) is 38.5 Å². The van der Waals surface area contributed by atoms with Crippen LogP contribution in [0.2, 0.25) is 0 Å². The Morgan fingerprint density at radius 2 is 1.69 bits per heavy atom. The number of aliphatic hydroxyl groups excluding tert-OH is 1. The van der Waals surface area contributed by atoms with Gasteiger partial charge < -0.3 is 10.8 Å². The minimum Gasteiger partial charge on any atom is -0.393 e. The normalized spacial score (nSPS) is 59.5. The summed E-state index contributed by atoms with van der Waals surface area (Å²) in [5, 5.41) is 9.96. The smallest absolute Gasteiger partial charge is 0.0571 e. The van der Waals surface area contributed by atoms with E-state index in [0.717, 1.165) is 24.7 Å². The van der Waals surface area contributed by atoms with Crippen molar-refractivity contribution in [3.63, 3.8) is 0 Å². The van der Waals surface area contributed by atoms with Gasteiger partial charge in [-0.2, -0.15) is 0 Å². The predicted octanol–water partition coefficient (Wildman–Crippen LogP) is 1.27. The maximum atomic E-state index is 9.96. The van der Waals surface area contributed by atoms with E-state index in [2.05, 4.69) is 0 Å². The van der Waals surface area contributed by atoms with Gasteiger partial charge in [-0.3, -0.25) is 0 Å². The highest BCUT2D eigenvalue weighted by molar-refractivity contribution is 5.04. The van der Waals surface area contributed by atoms with E-state index in [1.165, 1.54) is 25.7 Å². The van der Waals surface area contributed by atoms with Crippen LogP contribution in [0.25, 0.3) is 0 Å². The zero-order valence-corrected chi connectivity index (χ0v) is 8.08. The number of hydrogen-bond acceptors (Lipinski definition) is 2. The van der Waals surface area contributed by atoms with Crippen molar-refractivity contribution in [1.82, 2.24) is 0 Å². The average molecular weight is 181 g/mol. The molecule has 0 unspecified atom stereocenters. The van der Waals surface area contributed by atoms with Gasteiger partial charge >= 0.3 is 0 Å². The van der Waals surface area contributed by atoms with Crippen LogP contribution >= 0.6 is 0 Å².